The zero-order valence-electron chi connectivity index (χ0n) is 15.0. The van der Waals surface area contributed by atoms with Crippen molar-refractivity contribution in [1.29, 1.82) is 0 Å². The fourth-order valence-electron chi connectivity index (χ4n) is 3.73. The summed E-state index contributed by atoms with van der Waals surface area (Å²) in [6.45, 7) is 1.09. The number of anilines is 1. The monoisotopic (exact) mass is 378 g/mol. The lowest BCUT2D eigenvalue weighted by Gasteiger charge is -2.32. The highest BCUT2D eigenvalue weighted by molar-refractivity contribution is 6.02. The molecular weight excluding hydrogens is 360 g/mol. The fraction of sp³-hybridized carbons (Fsp3) is 0.250. The first kappa shape index (κ1) is 17.8. The molecule has 8 nitrogen and oxygen atoms in total. The number of piperidine rings is 1. The number of non-ortho nitro benzene ring substituents is 1. The number of carboxylic acids is 1. The Labute approximate surface area is 160 Å². The minimum atomic E-state index is -0.804. The van der Waals surface area contributed by atoms with Gasteiger partial charge in [-0.15, -0.1) is 0 Å². The molecule has 8 heteroatoms. The summed E-state index contributed by atoms with van der Waals surface area (Å²) in [5, 5.41) is 21.4. The molecule has 1 aromatic heterocycles. The smallest absolute Gasteiger partial charge is 0.308 e. The summed E-state index contributed by atoms with van der Waals surface area (Å²) in [7, 11) is 0. The molecule has 0 amide bonds. The third-order valence-corrected chi connectivity index (χ3v) is 5.08. The Bertz CT molecular complexity index is 1060. The van der Waals surface area contributed by atoms with Gasteiger partial charge in [0.25, 0.3) is 5.69 Å². The molecule has 142 valence electrons. The quantitative estimate of drug-likeness (QED) is 0.546. The zero-order valence-corrected chi connectivity index (χ0v) is 15.0. The van der Waals surface area contributed by atoms with Gasteiger partial charge in [-0.1, -0.05) is 24.3 Å². The maximum Gasteiger partial charge on any atom is 0.308 e. The van der Waals surface area contributed by atoms with Gasteiger partial charge in [-0.2, -0.15) is 0 Å². The number of nitrogens with zero attached hydrogens (tertiary/aromatic N) is 4. The number of hydrogen-bond donors (Lipinski definition) is 1. The number of fused-ring (bicyclic) bond motifs is 1. The Morgan fingerprint density at radius 1 is 1.21 bits per heavy atom. The lowest BCUT2D eigenvalue weighted by molar-refractivity contribution is -0.384. The van der Waals surface area contributed by atoms with E-state index in [4.69, 9.17) is 0 Å². The van der Waals surface area contributed by atoms with Crippen LogP contribution in [0.3, 0.4) is 0 Å². The molecule has 1 unspecified atom stereocenters. The van der Waals surface area contributed by atoms with Crippen molar-refractivity contribution in [1.82, 2.24) is 9.97 Å². The summed E-state index contributed by atoms with van der Waals surface area (Å²) >= 11 is 0. The van der Waals surface area contributed by atoms with Crippen LogP contribution in [-0.4, -0.2) is 39.1 Å². The van der Waals surface area contributed by atoms with Gasteiger partial charge < -0.3 is 10.0 Å². The second kappa shape index (κ2) is 7.22. The van der Waals surface area contributed by atoms with E-state index in [0.717, 1.165) is 17.4 Å². The van der Waals surface area contributed by atoms with Gasteiger partial charge in [0.2, 0.25) is 0 Å². The van der Waals surface area contributed by atoms with Crippen LogP contribution in [0, 0.1) is 16.0 Å². The summed E-state index contributed by atoms with van der Waals surface area (Å²) in [6, 6.07) is 12.0. The number of aromatic nitrogens is 2. The Morgan fingerprint density at radius 2 is 2.04 bits per heavy atom. The maximum atomic E-state index is 11.5. The highest BCUT2D eigenvalue weighted by Crippen LogP contribution is 2.36. The normalized spacial score (nSPS) is 16.9. The van der Waals surface area contributed by atoms with E-state index >= 15 is 0 Å². The fourth-order valence-corrected chi connectivity index (χ4v) is 3.73. The first-order chi connectivity index (χ1) is 13.5. The van der Waals surface area contributed by atoms with Gasteiger partial charge in [0.15, 0.2) is 0 Å². The number of hydrogen-bond acceptors (Lipinski definition) is 6. The van der Waals surface area contributed by atoms with Gasteiger partial charge >= 0.3 is 5.97 Å². The molecule has 0 spiro atoms. The van der Waals surface area contributed by atoms with Gasteiger partial charge in [0.1, 0.15) is 12.1 Å². The van der Waals surface area contributed by atoms with Crippen LogP contribution in [0.2, 0.25) is 0 Å². The first-order valence-electron chi connectivity index (χ1n) is 9.01. The van der Waals surface area contributed by atoms with Crippen molar-refractivity contribution in [2.45, 2.75) is 12.8 Å². The van der Waals surface area contributed by atoms with Crippen molar-refractivity contribution in [3.63, 3.8) is 0 Å². The molecule has 2 heterocycles. The predicted octanol–water partition coefficient (Wildman–Crippen LogP) is 3.51. The van der Waals surface area contributed by atoms with Gasteiger partial charge in [0.05, 0.1) is 21.7 Å². The van der Waals surface area contributed by atoms with Gasteiger partial charge in [-0.3, -0.25) is 14.9 Å². The molecule has 0 radical (unpaired) electrons. The highest BCUT2D eigenvalue weighted by Gasteiger charge is 2.27. The van der Waals surface area contributed by atoms with E-state index in [-0.39, 0.29) is 5.69 Å². The van der Waals surface area contributed by atoms with Crippen molar-refractivity contribution < 1.29 is 14.8 Å². The maximum absolute atomic E-state index is 11.5. The SMILES string of the molecule is O=C(O)C1CCCN(c2ncnc3cccc(-c4cccc([N+](=O)[O-])c4)c23)C1. The molecular formula is C20H18N4O4. The van der Waals surface area contributed by atoms with Gasteiger partial charge in [-0.25, -0.2) is 9.97 Å². The molecule has 1 fully saturated rings. The molecule has 1 aliphatic rings. The summed E-state index contributed by atoms with van der Waals surface area (Å²) in [5.74, 6) is -0.580. The van der Waals surface area contributed by atoms with Crippen LogP contribution in [0.4, 0.5) is 11.5 Å². The van der Waals surface area contributed by atoms with Crippen molar-refractivity contribution in [2.24, 2.45) is 5.92 Å². The Morgan fingerprint density at radius 3 is 2.82 bits per heavy atom. The lowest BCUT2D eigenvalue weighted by Crippen LogP contribution is -2.39. The van der Waals surface area contributed by atoms with Crippen LogP contribution in [-0.2, 0) is 4.79 Å². The third-order valence-electron chi connectivity index (χ3n) is 5.08. The van der Waals surface area contributed by atoms with Gasteiger partial charge in [-0.05, 0) is 30.0 Å². The van der Waals surface area contributed by atoms with E-state index < -0.39 is 16.8 Å². The van der Waals surface area contributed by atoms with Gasteiger partial charge in [0, 0.05) is 25.2 Å². The van der Waals surface area contributed by atoms with E-state index in [2.05, 4.69) is 9.97 Å². The second-order valence-corrected chi connectivity index (χ2v) is 6.83. The van der Waals surface area contributed by atoms with Crippen molar-refractivity contribution in [3.8, 4) is 11.1 Å². The minimum Gasteiger partial charge on any atom is -0.481 e. The molecule has 0 aliphatic carbocycles. The summed E-state index contributed by atoms with van der Waals surface area (Å²) in [4.78, 5) is 33.0. The molecule has 0 bridgehead atoms. The van der Waals surface area contributed by atoms with E-state index in [9.17, 15) is 20.0 Å². The largest absolute Gasteiger partial charge is 0.481 e. The molecule has 1 N–H and O–H groups in total. The number of benzene rings is 2. The molecule has 2 aromatic carbocycles. The first-order valence-corrected chi connectivity index (χ1v) is 9.01. The number of nitro benzene ring substituents is 1. The van der Waals surface area contributed by atoms with Crippen molar-refractivity contribution in [3.05, 3.63) is 58.9 Å². The molecule has 4 rings (SSSR count). The van der Waals surface area contributed by atoms with E-state index in [1.807, 2.05) is 29.2 Å². The molecule has 0 saturated carbocycles. The Hall–Kier alpha value is -3.55. The van der Waals surface area contributed by atoms with E-state index in [0.29, 0.717) is 36.4 Å². The molecule has 1 aliphatic heterocycles. The average molecular weight is 378 g/mol. The average Bonchev–Trinajstić information content (AvgIpc) is 2.73. The summed E-state index contributed by atoms with van der Waals surface area (Å²) in [6.07, 6.45) is 2.88. The third kappa shape index (κ3) is 3.24. The van der Waals surface area contributed by atoms with E-state index in [1.54, 1.807) is 6.07 Å². The molecule has 1 atom stereocenters. The van der Waals surface area contributed by atoms with Crippen LogP contribution in [0.1, 0.15) is 12.8 Å². The number of rotatable bonds is 4. The number of carbonyl (C=O) groups is 1. The Kier molecular flexibility index (Phi) is 4.60. The predicted molar refractivity (Wildman–Crippen MR) is 104 cm³/mol. The number of nitro groups is 1. The molecule has 28 heavy (non-hydrogen) atoms. The van der Waals surface area contributed by atoms with Crippen LogP contribution in [0.5, 0.6) is 0 Å². The topological polar surface area (TPSA) is 109 Å². The second-order valence-electron chi connectivity index (χ2n) is 6.83. The van der Waals surface area contributed by atoms with Crippen molar-refractivity contribution >= 4 is 28.4 Å². The van der Waals surface area contributed by atoms with E-state index in [1.165, 1.54) is 18.5 Å². The summed E-state index contributed by atoms with van der Waals surface area (Å²) in [5.41, 5.74) is 2.21. The summed E-state index contributed by atoms with van der Waals surface area (Å²) < 4.78 is 0. The standard InChI is InChI=1S/C20H18N4O4/c25-20(26)14-5-3-9-23(11-14)19-18-16(7-2-8-17(18)21-12-22-19)13-4-1-6-15(10-13)24(27)28/h1-2,4,6-8,10,12,14H,3,5,9,11H2,(H,25,26). The Balaban J connectivity index is 1.86. The molecule has 1 saturated heterocycles. The van der Waals surface area contributed by atoms with Crippen LogP contribution >= 0.6 is 0 Å². The van der Waals surface area contributed by atoms with Crippen LogP contribution in [0.25, 0.3) is 22.0 Å². The lowest BCUT2D eigenvalue weighted by atomic mass is 9.96. The minimum absolute atomic E-state index is 0.0109. The van der Waals surface area contributed by atoms with Crippen LogP contribution < -0.4 is 4.90 Å². The number of aliphatic carboxylic acids is 1. The highest BCUT2D eigenvalue weighted by atomic mass is 16.6. The van der Waals surface area contributed by atoms with Crippen LogP contribution in [0.15, 0.2) is 48.8 Å². The van der Waals surface area contributed by atoms with Crippen molar-refractivity contribution in [2.75, 3.05) is 18.0 Å². The zero-order chi connectivity index (χ0) is 19.7. The number of carboxylic acid groups (broad SMARTS) is 1. The molecule has 3 aromatic rings.